The fourth-order valence-corrected chi connectivity index (χ4v) is 2.94. The van der Waals surface area contributed by atoms with Gasteiger partial charge in [-0.1, -0.05) is 6.92 Å². The summed E-state index contributed by atoms with van der Waals surface area (Å²) < 4.78 is 10.6. The molecule has 22 heavy (non-hydrogen) atoms. The summed E-state index contributed by atoms with van der Waals surface area (Å²) in [5.74, 6) is 1.56. The van der Waals surface area contributed by atoms with E-state index in [-0.39, 0.29) is 5.91 Å². The standard InChI is InChI=1S/C18H25NO3/c1-4-15-7-5-6-12-19(15)18(20)11-8-14-13-16(21-2)9-10-17(14)22-3/h8-11,13,15H,4-7,12H2,1-3H3/b11-8+. The number of carbonyl (C=O) groups excluding carboxylic acids is 1. The van der Waals surface area contributed by atoms with E-state index in [1.54, 1.807) is 20.3 Å². The molecule has 0 bridgehead atoms. The lowest BCUT2D eigenvalue weighted by Gasteiger charge is -2.34. The van der Waals surface area contributed by atoms with Gasteiger partial charge in [0.1, 0.15) is 11.5 Å². The molecule has 1 aliphatic rings. The largest absolute Gasteiger partial charge is 0.497 e. The Kier molecular flexibility index (Phi) is 5.87. The fraction of sp³-hybridized carbons (Fsp3) is 0.500. The van der Waals surface area contributed by atoms with Crippen molar-refractivity contribution in [3.63, 3.8) is 0 Å². The Labute approximate surface area is 132 Å². The number of likely N-dealkylation sites (tertiary alicyclic amines) is 1. The van der Waals surface area contributed by atoms with Crippen LogP contribution in [0.3, 0.4) is 0 Å². The number of piperidine rings is 1. The predicted octanol–water partition coefficient (Wildman–Crippen LogP) is 3.51. The maximum absolute atomic E-state index is 12.5. The highest BCUT2D eigenvalue weighted by atomic mass is 16.5. The number of rotatable bonds is 5. The van der Waals surface area contributed by atoms with Gasteiger partial charge in [0.25, 0.3) is 0 Å². The lowest BCUT2D eigenvalue weighted by Crippen LogP contribution is -2.42. The van der Waals surface area contributed by atoms with Crippen LogP contribution in [0, 0.1) is 0 Å². The van der Waals surface area contributed by atoms with Crippen molar-refractivity contribution < 1.29 is 14.3 Å². The molecule has 4 heteroatoms. The van der Waals surface area contributed by atoms with Crippen LogP contribution in [0.25, 0.3) is 6.08 Å². The van der Waals surface area contributed by atoms with Gasteiger partial charge in [-0.2, -0.15) is 0 Å². The molecule has 1 aliphatic heterocycles. The predicted molar refractivity (Wildman–Crippen MR) is 88.2 cm³/mol. The molecule has 0 spiro atoms. The topological polar surface area (TPSA) is 38.8 Å². The van der Waals surface area contributed by atoms with Gasteiger partial charge in [0.15, 0.2) is 0 Å². The molecule has 1 atom stereocenters. The highest BCUT2D eigenvalue weighted by Crippen LogP contribution is 2.25. The van der Waals surface area contributed by atoms with Crippen LogP contribution >= 0.6 is 0 Å². The summed E-state index contributed by atoms with van der Waals surface area (Å²) >= 11 is 0. The number of hydrogen-bond acceptors (Lipinski definition) is 3. The zero-order chi connectivity index (χ0) is 15.9. The molecular formula is C18H25NO3. The normalized spacial score (nSPS) is 18.5. The van der Waals surface area contributed by atoms with Crippen molar-refractivity contribution in [3.8, 4) is 11.5 Å². The molecule has 1 unspecified atom stereocenters. The van der Waals surface area contributed by atoms with Crippen LogP contribution in [-0.4, -0.2) is 37.6 Å². The second kappa shape index (κ2) is 7.87. The smallest absolute Gasteiger partial charge is 0.246 e. The Morgan fingerprint density at radius 3 is 2.82 bits per heavy atom. The van der Waals surface area contributed by atoms with Crippen LogP contribution in [0.4, 0.5) is 0 Å². The summed E-state index contributed by atoms with van der Waals surface area (Å²) in [4.78, 5) is 14.5. The Bertz CT molecular complexity index is 539. The van der Waals surface area contributed by atoms with Crippen molar-refractivity contribution in [2.24, 2.45) is 0 Å². The lowest BCUT2D eigenvalue weighted by atomic mass is 10.00. The Hall–Kier alpha value is -1.97. The van der Waals surface area contributed by atoms with Crippen molar-refractivity contribution in [1.29, 1.82) is 0 Å². The summed E-state index contributed by atoms with van der Waals surface area (Å²) in [5.41, 5.74) is 0.847. The number of ether oxygens (including phenoxy) is 2. The molecule has 2 rings (SSSR count). The fourth-order valence-electron chi connectivity index (χ4n) is 2.94. The molecule has 0 aromatic heterocycles. The first-order chi connectivity index (χ1) is 10.7. The third-order valence-corrected chi connectivity index (χ3v) is 4.22. The maximum Gasteiger partial charge on any atom is 0.246 e. The summed E-state index contributed by atoms with van der Waals surface area (Å²) in [6.07, 6.45) is 7.89. The van der Waals surface area contributed by atoms with Crippen LogP contribution in [0.2, 0.25) is 0 Å². The molecule has 1 fully saturated rings. The summed E-state index contributed by atoms with van der Waals surface area (Å²) in [7, 11) is 3.25. The van der Waals surface area contributed by atoms with Crippen LogP contribution in [0.1, 0.15) is 38.2 Å². The molecule has 1 amide bonds. The highest BCUT2D eigenvalue weighted by molar-refractivity contribution is 5.92. The van der Waals surface area contributed by atoms with Gasteiger partial charge in [0.05, 0.1) is 14.2 Å². The number of methoxy groups -OCH3 is 2. The second-order valence-corrected chi connectivity index (χ2v) is 5.53. The molecule has 0 radical (unpaired) electrons. The minimum absolute atomic E-state index is 0.0800. The highest BCUT2D eigenvalue weighted by Gasteiger charge is 2.23. The number of amides is 1. The van der Waals surface area contributed by atoms with Gasteiger partial charge in [0, 0.05) is 24.2 Å². The average molecular weight is 303 g/mol. The molecule has 1 heterocycles. The van der Waals surface area contributed by atoms with Crippen molar-refractivity contribution in [1.82, 2.24) is 4.90 Å². The second-order valence-electron chi connectivity index (χ2n) is 5.53. The Morgan fingerprint density at radius 2 is 2.14 bits per heavy atom. The van der Waals surface area contributed by atoms with E-state index in [1.165, 1.54) is 6.42 Å². The number of carbonyl (C=O) groups is 1. The molecule has 1 saturated heterocycles. The molecule has 120 valence electrons. The zero-order valence-corrected chi connectivity index (χ0v) is 13.7. The van der Waals surface area contributed by atoms with Crippen LogP contribution in [-0.2, 0) is 4.79 Å². The molecule has 1 aromatic carbocycles. The first kappa shape index (κ1) is 16.4. The molecule has 0 N–H and O–H groups in total. The van der Waals surface area contributed by atoms with E-state index in [0.717, 1.165) is 42.9 Å². The van der Waals surface area contributed by atoms with Gasteiger partial charge in [-0.15, -0.1) is 0 Å². The first-order valence-electron chi connectivity index (χ1n) is 7.90. The van der Waals surface area contributed by atoms with E-state index in [9.17, 15) is 4.79 Å². The molecule has 1 aromatic rings. The summed E-state index contributed by atoms with van der Waals surface area (Å²) in [5, 5.41) is 0. The van der Waals surface area contributed by atoms with Crippen LogP contribution in [0.5, 0.6) is 11.5 Å². The number of benzene rings is 1. The van der Waals surface area contributed by atoms with Crippen molar-refractivity contribution >= 4 is 12.0 Å². The van der Waals surface area contributed by atoms with Gasteiger partial charge in [-0.25, -0.2) is 0 Å². The lowest BCUT2D eigenvalue weighted by molar-refractivity contribution is -0.129. The van der Waals surface area contributed by atoms with E-state index < -0.39 is 0 Å². The molecule has 4 nitrogen and oxygen atoms in total. The Morgan fingerprint density at radius 1 is 1.32 bits per heavy atom. The zero-order valence-electron chi connectivity index (χ0n) is 13.7. The van der Waals surface area contributed by atoms with E-state index in [1.807, 2.05) is 29.2 Å². The SMILES string of the molecule is CCC1CCCCN1C(=O)/C=C/c1cc(OC)ccc1OC. The monoisotopic (exact) mass is 303 g/mol. The van der Waals surface area contributed by atoms with Gasteiger partial charge < -0.3 is 14.4 Å². The number of hydrogen-bond donors (Lipinski definition) is 0. The van der Waals surface area contributed by atoms with Gasteiger partial charge in [0.2, 0.25) is 5.91 Å². The molecule has 0 saturated carbocycles. The van der Waals surface area contributed by atoms with Crippen molar-refractivity contribution in [3.05, 3.63) is 29.8 Å². The number of nitrogens with zero attached hydrogens (tertiary/aromatic N) is 1. The van der Waals surface area contributed by atoms with E-state index in [0.29, 0.717) is 6.04 Å². The Balaban J connectivity index is 2.14. The van der Waals surface area contributed by atoms with E-state index >= 15 is 0 Å². The molecule has 0 aliphatic carbocycles. The van der Waals surface area contributed by atoms with Crippen LogP contribution in [0.15, 0.2) is 24.3 Å². The third-order valence-electron chi connectivity index (χ3n) is 4.22. The van der Waals surface area contributed by atoms with Gasteiger partial charge in [-0.3, -0.25) is 4.79 Å². The average Bonchev–Trinajstić information content (AvgIpc) is 2.59. The van der Waals surface area contributed by atoms with E-state index in [2.05, 4.69) is 6.92 Å². The minimum atomic E-state index is 0.0800. The molecular weight excluding hydrogens is 278 g/mol. The third kappa shape index (κ3) is 3.81. The minimum Gasteiger partial charge on any atom is -0.497 e. The van der Waals surface area contributed by atoms with Crippen molar-refractivity contribution in [2.75, 3.05) is 20.8 Å². The van der Waals surface area contributed by atoms with Crippen molar-refractivity contribution in [2.45, 2.75) is 38.6 Å². The quantitative estimate of drug-likeness (QED) is 0.781. The maximum atomic E-state index is 12.5. The summed E-state index contributed by atoms with van der Waals surface area (Å²) in [6, 6.07) is 5.93. The van der Waals surface area contributed by atoms with Crippen LogP contribution < -0.4 is 9.47 Å². The summed E-state index contributed by atoms with van der Waals surface area (Å²) in [6.45, 7) is 3.00. The van der Waals surface area contributed by atoms with E-state index in [4.69, 9.17) is 9.47 Å². The van der Waals surface area contributed by atoms with Gasteiger partial charge in [-0.05, 0) is 50.0 Å². The first-order valence-corrected chi connectivity index (χ1v) is 7.90. The van der Waals surface area contributed by atoms with Gasteiger partial charge >= 0.3 is 0 Å².